The average molecular weight is 568 g/mol. The molecule has 218 valence electrons. The number of aromatic nitrogens is 1. The van der Waals surface area contributed by atoms with Gasteiger partial charge in [-0.3, -0.25) is 15.1 Å². The van der Waals surface area contributed by atoms with Crippen LogP contribution in [0, 0.1) is 23.0 Å². The quantitative estimate of drug-likeness (QED) is 0.117. The molecule has 0 N–H and O–H groups in total. The van der Waals surface area contributed by atoms with E-state index in [1.54, 1.807) is 31.3 Å². The lowest BCUT2D eigenvalue weighted by Crippen LogP contribution is -1.99. The summed E-state index contributed by atoms with van der Waals surface area (Å²) >= 11 is 5.90. The Morgan fingerprint density at radius 2 is 1.65 bits per heavy atom. The molecule has 0 spiro atoms. The molecule has 1 aliphatic carbocycles. The van der Waals surface area contributed by atoms with Crippen LogP contribution < -0.4 is 0 Å². The van der Waals surface area contributed by atoms with E-state index in [2.05, 4.69) is 30.7 Å². The number of hydrogen-bond acceptors (Lipinski definition) is 5. The summed E-state index contributed by atoms with van der Waals surface area (Å²) < 4.78 is 5.80. The van der Waals surface area contributed by atoms with Crippen molar-refractivity contribution in [3.8, 4) is 22.8 Å². The van der Waals surface area contributed by atoms with Crippen LogP contribution >= 0.6 is 11.6 Å². The number of benzene rings is 2. The molecule has 1 aliphatic rings. The Morgan fingerprint density at radius 3 is 2.15 bits per heavy atom. The first-order chi connectivity index (χ1) is 19.2. The predicted octanol–water partition coefficient (Wildman–Crippen LogP) is 11.6. The van der Waals surface area contributed by atoms with Gasteiger partial charge in [0.2, 0.25) is 5.89 Å². The fourth-order valence-electron chi connectivity index (χ4n) is 4.49. The zero-order chi connectivity index (χ0) is 29.5. The van der Waals surface area contributed by atoms with Crippen molar-refractivity contribution in [2.45, 2.75) is 106 Å². The number of aliphatic imine (C=N–C) groups is 1. The molecule has 0 aliphatic heterocycles. The maximum Gasteiger partial charge on any atom is 0.275 e. The maximum absolute atomic E-state index is 11.4. The lowest BCUT2D eigenvalue weighted by atomic mass is 9.91. The monoisotopic (exact) mass is 567 g/mol. The van der Waals surface area contributed by atoms with E-state index in [1.165, 1.54) is 70.3 Å². The summed E-state index contributed by atoms with van der Waals surface area (Å²) in [4.78, 5) is 19.6. The van der Waals surface area contributed by atoms with E-state index in [4.69, 9.17) is 16.0 Å². The van der Waals surface area contributed by atoms with E-state index in [9.17, 15) is 10.1 Å². The number of halogens is 1. The minimum absolute atomic E-state index is 0.0197. The summed E-state index contributed by atoms with van der Waals surface area (Å²) in [7, 11) is 0. The van der Waals surface area contributed by atoms with E-state index in [0.717, 1.165) is 17.2 Å². The van der Waals surface area contributed by atoms with Crippen LogP contribution in [0.2, 0.25) is 5.02 Å². The molecule has 0 unspecified atom stereocenters. The number of unbranched alkanes of at least 4 members (excludes halogenated alkanes) is 4. The lowest BCUT2D eigenvalue weighted by Gasteiger charge is -2.15. The third-order valence-electron chi connectivity index (χ3n) is 6.88. The normalized spacial score (nSPS) is 13.0. The number of oxazole rings is 1. The Labute approximate surface area is 245 Å². The molecule has 0 radical (unpaired) electrons. The molecule has 0 amide bonds. The van der Waals surface area contributed by atoms with Crippen molar-refractivity contribution >= 4 is 28.7 Å². The molecule has 7 heteroatoms. The van der Waals surface area contributed by atoms with E-state index >= 15 is 0 Å². The topological polar surface area (TPSA) is 81.5 Å². The molecule has 1 saturated carbocycles. The van der Waals surface area contributed by atoms with Crippen molar-refractivity contribution in [2.75, 3.05) is 0 Å². The molecule has 1 aromatic heterocycles. The summed E-state index contributed by atoms with van der Waals surface area (Å²) in [5, 5.41) is 12.0. The minimum Gasteiger partial charge on any atom is -0.436 e. The van der Waals surface area contributed by atoms with Crippen molar-refractivity contribution < 1.29 is 9.34 Å². The molecule has 1 fully saturated rings. The van der Waals surface area contributed by atoms with Crippen LogP contribution in [0.4, 0.5) is 11.4 Å². The average Bonchev–Trinajstić information content (AvgIpc) is 3.42. The number of rotatable bonds is 8. The highest BCUT2D eigenvalue weighted by Gasteiger charge is 2.19. The van der Waals surface area contributed by atoms with E-state index in [1.807, 2.05) is 26.0 Å². The minimum atomic E-state index is -0.425. The van der Waals surface area contributed by atoms with Crippen LogP contribution in [0.3, 0.4) is 0 Å². The van der Waals surface area contributed by atoms with Gasteiger partial charge in [0.05, 0.1) is 22.4 Å². The van der Waals surface area contributed by atoms with Gasteiger partial charge in [-0.15, -0.1) is 0 Å². The first-order valence-corrected chi connectivity index (χ1v) is 15.1. The molecular weight excluding hydrogens is 522 g/mol. The highest BCUT2D eigenvalue weighted by Crippen LogP contribution is 2.35. The second-order valence-corrected chi connectivity index (χ2v) is 11.2. The molecule has 4 rings (SSSR count). The molecule has 0 atom stereocenters. The van der Waals surface area contributed by atoms with Crippen molar-refractivity contribution in [1.29, 1.82) is 0 Å². The fraction of sp³-hybridized carbons (Fsp3) is 0.515. The van der Waals surface area contributed by atoms with Gasteiger partial charge < -0.3 is 4.42 Å². The maximum atomic E-state index is 11.4. The third-order valence-corrected chi connectivity index (χ3v) is 7.13. The Bertz CT molecular complexity index is 1200. The SMILES string of the molecule is CC(C)=Nc1cc(-c2ncc(-c3ccc(Cl)cc3)o2)cc([N+](=O)[O-])c1C.CC1CCCCC1.CCCCCCC. The van der Waals surface area contributed by atoms with Crippen LogP contribution in [0.25, 0.3) is 22.8 Å². The van der Waals surface area contributed by atoms with Gasteiger partial charge in [-0.1, -0.05) is 96.6 Å². The first kappa shape index (κ1) is 33.2. The van der Waals surface area contributed by atoms with Gasteiger partial charge >= 0.3 is 0 Å². The Morgan fingerprint density at radius 1 is 1.02 bits per heavy atom. The van der Waals surface area contributed by atoms with E-state index in [0.29, 0.717) is 33.5 Å². The van der Waals surface area contributed by atoms with Crippen LogP contribution in [0.15, 0.2) is 52.0 Å². The molecule has 6 nitrogen and oxygen atoms in total. The van der Waals surface area contributed by atoms with E-state index < -0.39 is 4.92 Å². The summed E-state index contributed by atoms with van der Waals surface area (Å²) in [5.74, 6) is 1.88. The molecule has 1 heterocycles. The van der Waals surface area contributed by atoms with Crippen molar-refractivity contribution in [1.82, 2.24) is 4.98 Å². The molecule has 0 bridgehead atoms. The summed E-state index contributed by atoms with van der Waals surface area (Å²) in [5.41, 5.74) is 3.13. The van der Waals surface area contributed by atoms with E-state index in [-0.39, 0.29) is 5.69 Å². The van der Waals surface area contributed by atoms with Crippen LogP contribution in [-0.2, 0) is 0 Å². The predicted molar refractivity (Wildman–Crippen MR) is 169 cm³/mol. The first-order valence-electron chi connectivity index (χ1n) is 14.7. The van der Waals surface area contributed by atoms with Crippen molar-refractivity contribution in [3.63, 3.8) is 0 Å². The molecule has 40 heavy (non-hydrogen) atoms. The fourth-order valence-corrected chi connectivity index (χ4v) is 4.62. The molecule has 0 saturated heterocycles. The molecule has 3 aromatic rings. The van der Waals surface area contributed by atoms with Gasteiger partial charge in [0.1, 0.15) is 0 Å². The Hall–Kier alpha value is -2.99. The zero-order valence-electron chi connectivity index (χ0n) is 25.1. The number of nitro benzene ring substituents is 1. The Kier molecular flexibility index (Phi) is 14.7. The standard InChI is InChI=1S/C19H16ClN3O3.C7H14.C7H16/c1-11(2)22-16-8-14(9-17(12(16)3)23(24)25)19-21-10-18(26-19)13-4-6-15(20)7-5-13;1-7-5-3-2-4-6-7;1-3-5-7-6-4-2/h4-10H,1-3H3;7H,2-6H2,1H3;3-7H2,1-2H3. The second-order valence-electron chi connectivity index (χ2n) is 10.8. The number of nitrogens with zero attached hydrogens (tertiary/aromatic N) is 3. The van der Waals surface area contributed by atoms with Gasteiger partial charge in [-0.2, -0.15) is 0 Å². The van der Waals surface area contributed by atoms with Gasteiger partial charge in [0, 0.05) is 27.9 Å². The lowest BCUT2D eigenvalue weighted by molar-refractivity contribution is -0.385. The second kappa shape index (κ2) is 17.6. The highest BCUT2D eigenvalue weighted by atomic mass is 35.5. The Balaban J connectivity index is 0.000000327. The largest absolute Gasteiger partial charge is 0.436 e. The molecular formula is C33H46ClN3O3. The summed E-state index contributed by atoms with van der Waals surface area (Å²) in [6.45, 7) is 12.2. The zero-order valence-corrected chi connectivity index (χ0v) is 25.9. The van der Waals surface area contributed by atoms with Gasteiger partial charge in [-0.25, -0.2) is 4.98 Å². The van der Waals surface area contributed by atoms with Gasteiger partial charge in [0.15, 0.2) is 5.76 Å². The van der Waals surface area contributed by atoms with Crippen molar-refractivity contribution in [3.05, 3.63) is 63.3 Å². The van der Waals surface area contributed by atoms with Crippen LogP contribution in [-0.4, -0.2) is 15.6 Å². The van der Waals surface area contributed by atoms with Crippen LogP contribution in [0.1, 0.15) is 104 Å². The van der Waals surface area contributed by atoms with Crippen molar-refractivity contribution in [2.24, 2.45) is 10.9 Å². The third kappa shape index (κ3) is 11.2. The number of hydrogen-bond donors (Lipinski definition) is 0. The number of nitro groups is 1. The smallest absolute Gasteiger partial charge is 0.275 e. The van der Waals surface area contributed by atoms with Gasteiger partial charge in [-0.05, 0) is 57.0 Å². The summed E-state index contributed by atoms with van der Waals surface area (Å²) in [6, 6.07) is 10.4. The summed E-state index contributed by atoms with van der Waals surface area (Å²) in [6.07, 6.45) is 16.0. The highest BCUT2D eigenvalue weighted by molar-refractivity contribution is 6.30. The molecule has 2 aromatic carbocycles. The van der Waals surface area contributed by atoms with Gasteiger partial charge in [0.25, 0.3) is 5.69 Å². The van der Waals surface area contributed by atoms with Crippen LogP contribution in [0.5, 0.6) is 0 Å².